The minimum absolute atomic E-state index is 0.179. The van der Waals surface area contributed by atoms with Crippen LogP contribution in [0, 0.1) is 11.8 Å². The van der Waals surface area contributed by atoms with Gasteiger partial charge in [-0.25, -0.2) is 8.42 Å². The third-order valence-electron chi connectivity index (χ3n) is 4.41. The van der Waals surface area contributed by atoms with Crippen molar-refractivity contribution in [2.75, 3.05) is 52.6 Å². The molecule has 1 fully saturated rings. The van der Waals surface area contributed by atoms with Crippen LogP contribution in [0.2, 0.25) is 0 Å². The van der Waals surface area contributed by atoms with E-state index in [4.69, 9.17) is 9.47 Å². The van der Waals surface area contributed by atoms with Crippen LogP contribution in [0.5, 0.6) is 5.75 Å². The molecular formula is C19H28N2O5S. The molecule has 0 aliphatic carbocycles. The molecule has 150 valence electrons. The van der Waals surface area contributed by atoms with Crippen molar-refractivity contribution >= 4 is 10.0 Å². The molecule has 2 rings (SSSR count). The van der Waals surface area contributed by atoms with Gasteiger partial charge < -0.3 is 14.6 Å². The van der Waals surface area contributed by atoms with E-state index in [2.05, 4.69) is 16.7 Å². The summed E-state index contributed by atoms with van der Waals surface area (Å²) in [5, 5.41) is 9.54. The smallest absolute Gasteiger partial charge is 0.243 e. The van der Waals surface area contributed by atoms with Crippen molar-refractivity contribution in [3.63, 3.8) is 0 Å². The first-order valence-corrected chi connectivity index (χ1v) is 10.5. The van der Waals surface area contributed by atoms with Crippen LogP contribution in [-0.2, 0) is 14.8 Å². The fourth-order valence-electron chi connectivity index (χ4n) is 2.77. The maximum atomic E-state index is 13.1. The summed E-state index contributed by atoms with van der Waals surface area (Å²) in [6, 6.07) is 5.78. The Kier molecular flexibility index (Phi) is 8.54. The van der Waals surface area contributed by atoms with Gasteiger partial charge in [-0.05, 0) is 38.1 Å². The predicted octanol–water partition coefficient (Wildman–Crippen LogP) is 0.792. The Morgan fingerprint density at radius 3 is 2.56 bits per heavy atom. The highest BCUT2D eigenvalue weighted by Crippen LogP contribution is 2.21. The molecule has 1 aromatic carbocycles. The number of aliphatic hydroxyl groups excluding tert-OH is 1. The second-order valence-corrected chi connectivity index (χ2v) is 8.18. The molecule has 1 aliphatic heterocycles. The minimum Gasteiger partial charge on any atom is -0.481 e. The summed E-state index contributed by atoms with van der Waals surface area (Å²) in [4.78, 5) is 2.35. The van der Waals surface area contributed by atoms with Gasteiger partial charge in [0.05, 0.1) is 24.7 Å². The van der Waals surface area contributed by atoms with E-state index in [0.717, 1.165) is 13.1 Å². The van der Waals surface area contributed by atoms with Crippen LogP contribution in [0.25, 0.3) is 0 Å². The maximum Gasteiger partial charge on any atom is 0.243 e. The first kappa shape index (κ1) is 21.7. The number of benzene rings is 1. The summed E-state index contributed by atoms with van der Waals surface area (Å²) in [7, 11) is -3.72. The van der Waals surface area contributed by atoms with E-state index in [0.29, 0.717) is 32.1 Å². The van der Waals surface area contributed by atoms with Crippen LogP contribution in [0.1, 0.15) is 13.8 Å². The molecule has 0 aromatic heterocycles. The lowest BCUT2D eigenvalue weighted by Gasteiger charge is -2.32. The lowest BCUT2D eigenvalue weighted by Crippen LogP contribution is -2.47. The Morgan fingerprint density at radius 1 is 1.30 bits per heavy atom. The van der Waals surface area contributed by atoms with Crippen LogP contribution in [-0.4, -0.2) is 81.4 Å². The van der Waals surface area contributed by atoms with E-state index < -0.39 is 16.1 Å². The zero-order valence-corrected chi connectivity index (χ0v) is 16.7. The van der Waals surface area contributed by atoms with E-state index in [1.165, 1.54) is 16.4 Å². The number of nitrogens with zero attached hydrogens (tertiary/aromatic N) is 2. The van der Waals surface area contributed by atoms with Gasteiger partial charge in [0.1, 0.15) is 12.4 Å². The van der Waals surface area contributed by atoms with Crippen LogP contribution in [0.4, 0.5) is 0 Å². The van der Waals surface area contributed by atoms with Gasteiger partial charge in [0.15, 0.2) is 0 Å². The van der Waals surface area contributed by atoms with E-state index >= 15 is 0 Å². The van der Waals surface area contributed by atoms with Crippen LogP contribution in [0.3, 0.4) is 0 Å². The summed E-state index contributed by atoms with van der Waals surface area (Å²) < 4.78 is 38.3. The molecule has 1 saturated heterocycles. The molecule has 1 heterocycles. The molecule has 1 N–H and O–H groups in total. The highest BCUT2D eigenvalue weighted by molar-refractivity contribution is 7.89. The Labute approximate surface area is 161 Å². The Bertz CT molecular complexity index is 734. The summed E-state index contributed by atoms with van der Waals surface area (Å²) in [6.07, 6.45) is 0. The molecular weight excluding hydrogens is 368 g/mol. The molecule has 27 heavy (non-hydrogen) atoms. The monoisotopic (exact) mass is 396 g/mol. The summed E-state index contributed by atoms with van der Waals surface area (Å²) >= 11 is 0. The highest BCUT2D eigenvalue weighted by atomic mass is 32.2. The molecule has 0 radical (unpaired) electrons. The standard InChI is InChI=1S/C19H28N2O5S/c1-3-4-13-26-18-5-7-19(8-6-18)27(23,24)21(17(2)16-22)10-9-20-11-14-25-15-12-20/h5-8,17,22H,9-16H2,1-2H3. The van der Waals surface area contributed by atoms with Crippen LogP contribution >= 0.6 is 0 Å². The van der Waals surface area contributed by atoms with Crippen molar-refractivity contribution in [1.82, 2.24) is 9.21 Å². The molecule has 1 aromatic rings. The van der Waals surface area contributed by atoms with Crippen molar-refractivity contribution in [2.24, 2.45) is 0 Å². The van der Waals surface area contributed by atoms with Gasteiger partial charge >= 0.3 is 0 Å². The van der Waals surface area contributed by atoms with Crippen molar-refractivity contribution in [1.29, 1.82) is 0 Å². The number of rotatable bonds is 9. The first-order chi connectivity index (χ1) is 13.0. The zero-order chi connectivity index (χ0) is 19.7. The van der Waals surface area contributed by atoms with Crippen molar-refractivity contribution in [3.05, 3.63) is 24.3 Å². The SMILES string of the molecule is CC#CCOc1ccc(S(=O)(=O)N(CCN2CCOCC2)C(C)CO)cc1. The third-order valence-corrected chi connectivity index (χ3v) is 6.44. The Balaban J connectivity index is 2.10. The van der Waals surface area contributed by atoms with Crippen molar-refractivity contribution in [2.45, 2.75) is 24.8 Å². The quantitative estimate of drug-likeness (QED) is 0.622. The molecule has 0 spiro atoms. The topological polar surface area (TPSA) is 79.3 Å². The number of hydrogen-bond acceptors (Lipinski definition) is 6. The van der Waals surface area contributed by atoms with Crippen molar-refractivity contribution in [3.8, 4) is 17.6 Å². The van der Waals surface area contributed by atoms with E-state index in [1.807, 2.05) is 0 Å². The summed E-state index contributed by atoms with van der Waals surface area (Å²) in [5.41, 5.74) is 0. The maximum absolute atomic E-state index is 13.1. The Morgan fingerprint density at radius 2 is 1.96 bits per heavy atom. The minimum atomic E-state index is -3.72. The fourth-order valence-corrected chi connectivity index (χ4v) is 4.38. The molecule has 1 aliphatic rings. The zero-order valence-electron chi connectivity index (χ0n) is 15.9. The van der Waals surface area contributed by atoms with Crippen LogP contribution in [0.15, 0.2) is 29.2 Å². The molecule has 0 saturated carbocycles. The normalized spacial score (nSPS) is 16.6. The number of sulfonamides is 1. The lowest BCUT2D eigenvalue weighted by molar-refractivity contribution is 0.0346. The van der Waals surface area contributed by atoms with E-state index in [9.17, 15) is 13.5 Å². The van der Waals surface area contributed by atoms with E-state index in [1.54, 1.807) is 26.0 Å². The number of morpholine rings is 1. The van der Waals surface area contributed by atoms with Gasteiger partial charge in [0.25, 0.3) is 0 Å². The molecule has 0 amide bonds. The average Bonchev–Trinajstić information content (AvgIpc) is 2.69. The fraction of sp³-hybridized carbons (Fsp3) is 0.579. The second kappa shape index (κ2) is 10.6. The molecule has 0 bridgehead atoms. The van der Waals surface area contributed by atoms with E-state index in [-0.39, 0.29) is 18.1 Å². The third kappa shape index (κ3) is 6.19. The van der Waals surface area contributed by atoms with Gasteiger partial charge in [-0.1, -0.05) is 5.92 Å². The van der Waals surface area contributed by atoms with Gasteiger partial charge in [-0.15, -0.1) is 5.92 Å². The molecule has 1 unspecified atom stereocenters. The Hall–Kier alpha value is -1.63. The summed E-state index contributed by atoms with van der Waals surface area (Å²) in [5.74, 6) is 6.09. The average molecular weight is 397 g/mol. The van der Waals surface area contributed by atoms with Crippen LogP contribution < -0.4 is 4.74 Å². The van der Waals surface area contributed by atoms with Gasteiger partial charge in [0, 0.05) is 32.2 Å². The predicted molar refractivity (Wildman–Crippen MR) is 103 cm³/mol. The number of hydrogen-bond donors (Lipinski definition) is 1. The highest BCUT2D eigenvalue weighted by Gasteiger charge is 2.29. The second-order valence-electron chi connectivity index (χ2n) is 6.29. The van der Waals surface area contributed by atoms with Gasteiger partial charge in [0.2, 0.25) is 10.0 Å². The molecule has 1 atom stereocenters. The first-order valence-electron chi connectivity index (χ1n) is 9.04. The largest absolute Gasteiger partial charge is 0.481 e. The number of aliphatic hydroxyl groups is 1. The van der Waals surface area contributed by atoms with Crippen molar-refractivity contribution < 1.29 is 23.0 Å². The number of ether oxygens (including phenoxy) is 2. The molecule has 8 heteroatoms. The van der Waals surface area contributed by atoms with Gasteiger partial charge in [-0.3, -0.25) is 4.90 Å². The van der Waals surface area contributed by atoms with Gasteiger partial charge in [-0.2, -0.15) is 4.31 Å². The summed E-state index contributed by atoms with van der Waals surface area (Å²) in [6.45, 7) is 7.26. The lowest BCUT2D eigenvalue weighted by atomic mass is 10.3. The molecule has 7 nitrogen and oxygen atoms in total.